The third-order valence-electron chi connectivity index (χ3n) is 10.1. The molecule has 0 N–H and O–H groups in total. The maximum absolute atomic E-state index is 2.68. The maximum atomic E-state index is 2.68. The van der Waals surface area contributed by atoms with Gasteiger partial charge >= 0.3 is 0 Å². The molecule has 4 atom stereocenters. The standard InChI is InChI=1S/C22H29N.C22H25N/c2*1-23-21(17-15-19-9-4-2-5-10-19)13-8-14-22(23)18-16-20-11-6-3-7-12-20/h2-7,9-12,21-22H,8,13-18H2,1H3;2-7,9-12,15-18,21-22H,8,13-14H2,1H3/b;17-15+,18-16+/t2*21-,22-/m11/s1. The van der Waals surface area contributed by atoms with Gasteiger partial charge in [-0.1, -0.05) is 152 Å². The van der Waals surface area contributed by atoms with Crippen LogP contribution >= 0.6 is 0 Å². The molecular weight excluding hydrogens is 556 g/mol. The summed E-state index contributed by atoms with van der Waals surface area (Å²) >= 11 is 0. The van der Waals surface area contributed by atoms with Crippen molar-refractivity contribution in [3.8, 4) is 0 Å². The van der Waals surface area contributed by atoms with Crippen molar-refractivity contribution < 1.29 is 0 Å². The minimum atomic E-state index is 0.523. The molecule has 2 fully saturated rings. The van der Waals surface area contributed by atoms with Crippen molar-refractivity contribution in [1.82, 2.24) is 9.80 Å². The van der Waals surface area contributed by atoms with Gasteiger partial charge in [0.15, 0.2) is 0 Å². The van der Waals surface area contributed by atoms with Gasteiger partial charge in [0.1, 0.15) is 0 Å². The van der Waals surface area contributed by atoms with E-state index in [2.05, 4.69) is 170 Å². The number of hydrogen-bond acceptors (Lipinski definition) is 2. The Morgan fingerprint density at radius 1 is 0.478 bits per heavy atom. The molecule has 0 saturated carbocycles. The summed E-state index contributed by atoms with van der Waals surface area (Å²) in [6, 6.07) is 45.6. The molecule has 6 rings (SSSR count). The molecule has 2 heterocycles. The molecule has 0 spiro atoms. The Labute approximate surface area is 279 Å². The van der Waals surface area contributed by atoms with Crippen molar-refractivity contribution in [2.24, 2.45) is 0 Å². The largest absolute Gasteiger partial charge is 0.300 e. The zero-order chi connectivity index (χ0) is 31.8. The molecule has 0 bridgehead atoms. The first-order valence-corrected chi connectivity index (χ1v) is 17.6. The second kappa shape index (κ2) is 18.4. The van der Waals surface area contributed by atoms with Crippen molar-refractivity contribution in [3.05, 3.63) is 156 Å². The highest BCUT2D eigenvalue weighted by molar-refractivity contribution is 5.51. The zero-order valence-corrected chi connectivity index (χ0v) is 28.1. The maximum Gasteiger partial charge on any atom is 0.0284 e. The van der Waals surface area contributed by atoms with Gasteiger partial charge in [0.25, 0.3) is 0 Å². The summed E-state index contributed by atoms with van der Waals surface area (Å²) in [5.41, 5.74) is 5.52. The van der Waals surface area contributed by atoms with Gasteiger partial charge in [-0.05, 0) is 94.1 Å². The van der Waals surface area contributed by atoms with Gasteiger partial charge in [0.2, 0.25) is 0 Å². The Hall–Kier alpha value is -3.72. The minimum absolute atomic E-state index is 0.523. The first kappa shape index (κ1) is 33.6. The summed E-state index contributed by atoms with van der Waals surface area (Å²) in [6.45, 7) is 0. The lowest BCUT2D eigenvalue weighted by molar-refractivity contribution is 0.103. The molecule has 0 aromatic heterocycles. The molecule has 46 heavy (non-hydrogen) atoms. The van der Waals surface area contributed by atoms with Crippen LogP contribution < -0.4 is 0 Å². The van der Waals surface area contributed by atoms with Crippen LogP contribution in [0.2, 0.25) is 0 Å². The molecule has 0 amide bonds. The van der Waals surface area contributed by atoms with E-state index in [1.165, 1.54) is 86.5 Å². The SMILES string of the molecule is CN1[C@@H](/C=C/c2ccccc2)CCC[C@@H]1/C=C/c1ccccc1.CN1[C@@H](CCc2ccccc2)CCC[C@@H]1CCc1ccccc1. The summed E-state index contributed by atoms with van der Waals surface area (Å²) in [6.07, 6.45) is 22.1. The normalized spacial score (nSPS) is 22.5. The van der Waals surface area contributed by atoms with Crippen molar-refractivity contribution in [1.29, 1.82) is 0 Å². The van der Waals surface area contributed by atoms with Crippen molar-refractivity contribution >= 4 is 12.2 Å². The second-order valence-corrected chi connectivity index (χ2v) is 13.2. The average molecular weight is 611 g/mol. The Bertz CT molecular complexity index is 1320. The Morgan fingerprint density at radius 2 is 0.848 bits per heavy atom. The van der Waals surface area contributed by atoms with Gasteiger partial charge in [-0.25, -0.2) is 0 Å². The third kappa shape index (κ3) is 10.7. The summed E-state index contributed by atoms with van der Waals surface area (Å²) in [5.74, 6) is 0. The van der Waals surface area contributed by atoms with Crippen LogP contribution in [0.3, 0.4) is 0 Å². The van der Waals surface area contributed by atoms with Gasteiger partial charge in [-0.2, -0.15) is 0 Å². The van der Waals surface area contributed by atoms with Crippen LogP contribution in [-0.2, 0) is 12.8 Å². The van der Waals surface area contributed by atoms with Crippen molar-refractivity contribution in [2.75, 3.05) is 14.1 Å². The average Bonchev–Trinajstić information content (AvgIpc) is 3.12. The molecule has 2 nitrogen and oxygen atoms in total. The molecular formula is C44H54N2. The fourth-order valence-electron chi connectivity index (χ4n) is 7.17. The molecule has 240 valence electrons. The van der Waals surface area contributed by atoms with E-state index in [-0.39, 0.29) is 0 Å². The van der Waals surface area contributed by atoms with E-state index >= 15 is 0 Å². The number of hydrogen-bond donors (Lipinski definition) is 0. The molecule has 2 aliphatic heterocycles. The molecule has 2 saturated heterocycles. The van der Waals surface area contributed by atoms with Gasteiger partial charge in [-0.3, -0.25) is 4.90 Å². The third-order valence-corrected chi connectivity index (χ3v) is 10.1. The van der Waals surface area contributed by atoms with E-state index in [9.17, 15) is 0 Å². The predicted octanol–water partition coefficient (Wildman–Crippen LogP) is 10.4. The smallest absolute Gasteiger partial charge is 0.0284 e. The number of piperidine rings is 2. The van der Waals surface area contributed by atoms with Crippen molar-refractivity contribution in [2.45, 2.75) is 88.4 Å². The Kier molecular flexibility index (Phi) is 13.5. The molecule has 0 unspecified atom stereocenters. The first-order chi connectivity index (χ1) is 22.7. The first-order valence-electron chi connectivity index (χ1n) is 17.6. The fraction of sp³-hybridized carbons (Fsp3) is 0.364. The number of benzene rings is 4. The topological polar surface area (TPSA) is 6.48 Å². The van der Waals surface area contributed by atoms with Gasteiger partial charge in [-0.15, -0.1) is 0 Å². The number of likely N-dealkylation sites (N-methyl/N-ethyl adjacent to an activating group) is 1. The van der Waals surface area contributed by atoms with Crippen LogP contribution in [-0.4, -0.2) is 48.1 Å². The van der Waals surface area contributed by atoms with E-state index in [1.54, 1.807) is 0 Å². The lowest BCUT2D eigenvalue weighted by atomic mass is 9.89. The van der Waals surface area contributed by atoms with Crippen LogP contribution in [0.5, 0.6) is 0 Å². The summed E-state index contributed by atoms with van der Waals surface area (Å²) in [7, 11) is 4.60. The fourth-order valence-corrected chi connectivity index (χ4v) is 7.17. The van der Waals surface area contributed by atoms with E-state index in [4.69, 9.17) is 0 Å². The molecule has 0 aliphatic carbocycles. The van der Waals surface area contributed by atoms with Crippen molar-refractivity contribution in [3.63, 3.8) is 0 Å². The minimum Gasteiger partial charge on any atom is -0.300 e. The van der Waals surface area contributed by atoms with Gasteiger partial charge < -0.3 is 4.90 Å². The van der Waals surface area contributed by atoms with Gasteiger partial charge in [0, 0.05) is 24.2 Å². The van der Waals surface area contributed by atoms with Crippen LogP contribution in [0.15, 0.2) is 133 Å². The van der Waals surface area contributed by atoms with E-state index in [0.717, 1.165) is 12.1 Å². The molecule has 4 aromatic rings. The van der Waals surface area contributed by atoms with E-state index in [0.29, 0.717) is 12.1 Å². The number of rotatable bonds is 10. The molecule has 2 heteroatoms. The molecule has 4 aromatic carbocycles. The quantitative estimate of drug-likeness (QED) is 0.176. The number of nitrogens with zero attached hydrogens (tertiary/aromatic N) is 2. The highest BCUT2D eigenvalue weighted by atomic mass is 15.2. The zero-order valence-electron chi connectivity index (χ0n) is 28.1. The second-order valence-electron chi connectivity index (χ2n) is 13.2. The predicted molar refractivity (Wildman–Crippen MR) is 199 cm³/mol. The monoisotopic (exact) mass is 610 g/mol. The highest BCUT2D eigenvalue weighted by Crippen LogP contribution is 2.27. The van der Waals surface area contributed by atoms with Crippen LogP contribution in [0.1, 0.15) is 73.6 Å². The summed E-state index contributed by atoms with van der Waals surface area (Å²) < 4.78 is 0. The van der Waals surface area contributed by atoms with Gasteiger partial charge in [0.05, 0.1) is 0 Å². The lowest BCUT2D eigenvalue weighted by Crippen LogP contribution is -2.44. The van der Waals surface area contributed by atoms with E-state index in [1.807, 2.05) is 0 Å². The van der Waals surface area contributed by atoms with Crippen LogP contribution in [0, 0.1) is 0 Å². The van der Waals surface area contributed by atoms with Crippen LogP contribution in [0.4, 0.5) is 0 Å². The summed E-state index contributed by atoms with van der Waals surface area (Å²) in [5, 5.41) is 0. The summed E-state index contributed by atoms with van der Waals surface area (Å²) in [4.78, 5) is 5.18. The molecule has 0 radical (unpaired) electrons. The lowest BCUT2D eigenvalue weighted by Gasteiger charge is -2.40. The Balaban J connectivity index is 0.000000181. The highest BCUT2D eigenvalue weighted by Gasteiger charge is 2.27. The van der Waals surface area contributed by atoms with E-state index < -0.39 is 0 Å². The van der Waals surface area contributed by atoms with Crippen LogP contribution in [0.25, 0.3) is 12.2 Å². The Morgan fingerprint density at radius 3 is 1.26 bits per heavy atom. The number of likely N-dealkylation sites (tertiary alicyclic amines) is 2. The number of aryl methyl sites for hydroxylation is 2. The molecule has 2 aliphatic rings.